The van der Waals surface area contributed by atoms with E-state index >= 15 is 0 Å². The Balaban J connectivity index is 1.08. The summed E-state index contributed by atoms with van der Waals surface area (Å²) in [6, 6.07) is 51.5. The Labute approximate surface area is 305 Å². The number of benzene rings is 6. The molecule has 5 heterocycles. The zero-order valence-corrected chi connectivity index (χ0v) is 29.2. The van der Waals surface area contributed by atoms with Gasteiger partial charge in [-0.1, -0.05) is 74.5 Å². The van der Waals surface area contributed by atoms with Crippen molar-refractivity contribution in [3.8, 4) is 17.2 Å². The average molecular weight is 684 g/mol. The van der Waals surface area contributed by atoms with Crippen LogP contribution in [0.4, 0.5) is 17.1 Å². The van der Waals surface area contributed by atoms with Crippen molar-refractivity contribution in [3.63, 3.8) is 0 Å². The van der Waals surface area contributed by atoms with Crippen LogP contribution in [0.1, 0.15) is 25.0 Å². The largest absolute Gasteiger partial charge is 0.457 e. The Bertz CT molecular complexity index is 3080. The van der Waals surface area contributed by atoms with E-state index < -0.39 is 0 Å². The molecule has 1 aliphatic heterocycles. The molecule has 0 saturated heterocycles. The second kappa shape index (κ2) is 11.0. The van der Waals surface area contributed by atoms with E-state index in [-0.39, 0.29) is 5.41 Å². The average Bonchev–Trinajstić information content (AvgIpc) is 3.82. The molecule has 0 amide bonds. The van der Waals surface area contributed by atoms with E-state index in [2.05, 4.69) is 155 Å². The van der Waals surface area contributed by atoms with Crippen molar-refractivity contribution >= 4 is 66.3 Å². The van der Waals surface area contributed by atoms with Crippen molar-refractivity contribution in [1.82, 2.24) is 18.9 Å². The first-order chi connectivity index (χ1) is 26.0. The molecule has 11 rings (SSSR count). The first kappa shape index (κ1) is 29.8. The van der Waals surface area contributed by atoms with E-state index in [0.717, 1.165) is 67.0 Å². The molecule has 0 atom stereocenters. The van der Waals surface area contributed by atoms with Gasteiger partial charge in [0, 0.05) is 57.3 Å². The molecule has 1 aliphatic rings. The summed E-state index contributed by atoms with van der Waals surface area (Å²) < 4.78 is 11.1. The van der Waals surface area contributed by atoms with Gasteiger partial charge in [0.1, 0.15) is 22.8 Å². The SMILES string of the molecule is CC1(C)c2ccccc2N(c2ccccc2)c2cc3c(cc21)c1cccnc1n3-c1cccc(Oc2ccc3c4ccccc4n4ccnc4c3c2)c1. The van der Waals surface area contributed by atoms with Crippen molar-refractivity contribution in [3.05, 3.63) is 175 Å². The first-order valence-corrected chi connectivity index (χ1v) is 18.0. The van der Waals surface area contributed by atoms with E-state index in [4.69, 9.17) is 14.7 Å². The number of ether oxygens (including phenoxy) is 1. The Morgan fingerprint density at radius 3 is 2.19 bits per heavy atom. The van der Waals surface area contributed by atoms with Gasteiger partial charge < -0.3 is 9.64 Å². The molecule has 0 unspecified atom stereocenters. The Hall–Kier alpha value is -6.92. The predicted molar refractivity (Wildman–Crippen MR) is 216 cm³/mol. The van der Waals surface area contributed by atoms with Crippen LogP contribution in [0.15, 0.2) is 164 Å². The van der Waals surface area contributed by atoms with Crippen LogP contribution in [-0.4, -0.2) is 18.9 Å². The topological polar surface area (TPSA) is 47.6 Å². The summed E-state index contributed by atoms with van der Waals surface area (Å²) in [6.45, 7) is 4.67. The van der Waals surface area contributed by atoms with E-state index in [0.29, 0.717) is 0 Å². The number of rotatable bonds is 4. The molecule has 0 radical (unpaired) electrons. The predicted octanol–water partition coefficient (Wildman–Crippen LogP) is 12.0. The molecular formula is C47H33N5O. The molecule has 53 heavy (non-hydrogen) atoms. The van der Waals surface area contributed by atoms with Crippen LogP contribution in [0.25, 0.3) is 54.9 Å². The van der Waals surface area contributed by atoms with Gasteiger partial charge in [-0.2, -0.15) is 0 Å². The molecule has 6 aromatic carbocycles. The summed E-state index contributed by atoms with van der Waals surface area (Å²) in [7, 11) is 0. The smallest absolute Gasteiger partial charge is 0.145 e. The monoisotopic (exact) mass is 683 g/mol. The number of hydrogen-bond acceptors (Lipinski definition) is 4. The van der Waals surface area contributed by atoms with Crippen molar-refractivity contribution in [2.45, 2.75) is 19.3 Å². The zero-order chi connectivity index (χ0) is 35.3. The molecule has 0 N–H and O–H groups in total. The highest BCUT2D eigenvalue weighted by molar-refractivity contribution is 6.12. The van der Waals surface area contributed by atoms with Gasteiger partial charge in [-0.15, -0.1) is 0 Å². The second-order valence-electron chi connectivity index (χ2n) is 14.4. The third-order valence-corrected chi connectivity index (χ3v) is 11.0. The fraction of sp³-hybridized carbons (Fsp3) is 0.0638. The second-order valence-corrected chi connectivity index (χ2v) is 14.4. The number of anilines is 3. The van der Waals surface area contributed by atoms with Gasteiger partial charge in [-0.3, -0.25) is 8.97 Å². The van der Waals surface area contributed by atoms with Gasteiger partial charge in [0.25, 0.3) is 0 Å². The van der Waals surface area contributed by atoms with E-state index in [9.17, 15) is 0 Å². The van der Waals surface area contributed by atoms with Gasteiger partial charge in [-0.25, -0.2) is 9.97 Å². The minimum Gasteiger partial charge on any atom is -0.457 e. The number of aromatic nitrogens is 4. The fourth-order valence-corrected chi connectivity index (χ4v) is 8.59. The highest BCUT2D eigenvalue weighted by atomic mass is 16.5. The number of imidazole rings is 1. The third kappa shape index (κ3) is 4.33. The van der Waals surface area contributed by atoms with E-state index in [1.54, 1.807) is 0 Å². The van der Waals surface area contributed by atoms with Crippen LogP contribution in [0.5, 0.6) is 11.5 Å². The van der Waals surface area contributed by atoms with Gasteiger partial charge in [0.15, 0.2) is 0 Å². The maximum atomic E-state index is 6.64. The molecule has 0 bridgehead atoms. The summed E-state index contributed by atoms with van der Waals surface area (Å²) in [6.07, 6.45) is 5.75. The van der Waals surface area contributed by atoms with Crippen LogP contribution in [-0.2, 0) is 5.41 Å². The Morgan fingerprint density at radius 2 is 1.26 bits per heavy atom. The standard InChI is InChI=1S/C47H33N5O/c1-47(2)39-18-7-9-20-42(39)51(30-12-4-3-5-13-30)44-29-43-37(28-40(44)47)36-17-11-23-48-46(36)52(43)31-14-10-15-32(26-31)53-33-21-22-34-35-16-6-8-19-41(35)50-25-24-49-45(50)38(34)27-33/h3-29H,1-2H3. The minimum absolute atomic E-state index is 0.218. The number of fused-ring (bicyclic) bond motifs is 11. The highest BCUT2D eigenvalue weighted by Gasteiger charge is 2.37. The van der Waals surface area contributed by atoms with Crippen LogP contribution in [0, 0.1) is 0 Å². The molecule has 252 valence electrons. The molecule has 4 aromatic heterocycles. The maximum Gasteiger partial charge on any atom is 0.145 e. The maximum absolute atomic E-state index is 6.64. The van der Waals surface area contributed by atoms with Crippen molar-refractivity contribution in [1.29, 1.82) is 0 Å². The lowest BCUT2D eigenvalue weighted by Crippen LogP contribution is -2.30. The summed E-state index contributed by atoms with van der Waals surface area (Å²) >= 11 is 0. The summed E-state index contributed by atoms with van der Waals surface area (Å²) in [5.41, 5.74) is 10.9. The quantitative estimate of drug-likeness (QED) is 0.173. The van der Waals surface area contributed by atoms with Gasteiger partial charge in [-0.05, 0) is 95.4 Å². The number of hydrogen-bond donors (Lipinski definition) is 0. The molecule has 0 aliphatic carbocycles. The molecular weight excluding hydrogens is 651 g/mol. The van der Waals surface area contributed by atoms with E-state index in [1.807, 2.05) is 36.8 Å². The van der Waals surface area contributed by atoms with Crippen LogP contribution >= 0.6 is 0 Å². The lowest BCUT2D eigenvalue weighted by Gasteiger charge is -2.42. The zero-order valence-electron chi connectivity index (χ0n) is 29.2. The Kier molecular flexibility index (Phi) is 6.20. The molecule has 6 nitrogen and oxygen atoms in total. The lowest BCUT2D eigenvalue weighted by molar-refractivity contribution is 0.483. The third-order valence-electron chi connectivity index (χ3n) is 11.0. The van der Waals surface area contributed by atoms with Crippen molar-refractivity contribution in [2.75, 3.05) is 4.90 Å². The first-order valence-electron chi connectivity index (χ1n) is 18.0. The van der Waals surface area contributed by atoms with Crippen LogP contribution in [0.2, 0.25) is 0 Å². The fourth-order valence-electron chi connectivity index (χ4n) is 8.59. The molecule has 10 aromatic rings. The van der Waals surface area contributed by atoms with Crippen molar-refractivity contribution < 1.29 is 4.74 Å². The van der Waals surface area contributed by atoms with Crippen LogP contribution in [0.3, 0.4) is 0 Å². The van der Waals surface area contributed by atoms with E-state index in [1.165, 1.54) is 27.6 Å². The Morgan fingerprint density at radius 1 is 0.491 bits per heavy atom. The summed E-state index contributed by atoms with van der Waals surface area (Å²) in [5.74, 6) is 1.50. The van der Waals surface area contributed by atoms with Gasteiger partial charge >= 0.3 is 0 Å². The normalized spacial score (nSPS) is 13.6. The minimum atomic E-state index is -0.218. The highest BCUT2D eigenvalue weighted by Crippen LogP contribution is 2.53. The molecule has 0 spiro atoms. The number of pyridine rings is 2. The van der Waals surface area contributed by atoms with Crippen molar-refractivity contribution in [2.24, 2.45) is 0 Å². The molecule has 6 heteroatoms. The molecule has 0 saturated carbocycles. The lowest BCUT2D eigenvalue weighted by atomic mass is 9.73. The summed E-state index contributed by atoms with van der Waals surface area (Å²) in [5, 5.41) is 5.66. The van der Waals surface area contributed by atoms with Gasteiger partial charge in [0.05, 0.1) is 28.1 Å². The number of para-hydroxylation sites is 3. The number of nitrogens with zero attached hydrogens (tertiary/aromatic N) is 5. The van der Waals surface area contributed by atoms with Gasteiger partial charge in [0.2, 0.25) is 0 Å². The van der Waals surface area contributed by atoms with Crippen LogP contribution < -0.4 is 9.64 Å². The molecule has 0 fully saturated rings. The summed E-state index contributed by atoms with van der Waals surface area (Å²) in [4.78, 5) is 12.1.